The second-order valence-electron chi connectivity index (χ2n) is 5.04. The van der Waals surface area contributed by atoms with Crippen LogP contribution >= 0.6 is 0 Å². The number of carbonyl (C=O) groups is 1. The number of ether oxygens (including phenoxy) is 2. The molecule has 1 aromatic carbocycles. The Morgan fingerprint density at radius 3 is 2.50 bits per heavy atom. The summed E-state index contributed by atoms with van der Waals surface area (Å²) in [4.78, 5) is 12.7. The summed E-state index contributed by atoms with van der Waals surface area (Å²) >= 11 is 0. The smallest absolute Gasteiger partial charge is 0.428 e. The van der Waals surface area contributed by atoms with Crippen LogP contribution in [0.2, 0.25) is 0 Å². The number of hydrazone groups is 1. The SMILES string of the molecule is C[C@H]1OC(=O)NN=C1c1cc(F)c(N2CCOCC2)c(F)c1. The highest BCUT2D eigenvalue weighted by Gasteiger charge is 2.26. The van der Waals surface area contributed by atoms with E-state index in [-0.39, 0.29) is 17.0 Å². The molecule has 3 rings (SSSR count). The van der Waals surface area contributed by atoms with Crippen molar-refractivity contribution in [3.05, 3.63) is 29.3 Å². The summed E-state index contributed by atoms with van der Waals surface area (Å²) in [5.41, 5.74) is 2.57. The van der Waals surface area contributed by atoms with E-state index < -0.39 is 23.8 Å². The summed E-state index contributed by atoms with van der Waals surface area (Å²) in [7, 11) is 0. The number of rotatable bonds is 2. The lowest BCUT2D eigenvalue weighted by atomic mass is 10.0. The van der Waals surface area contributed by atoms with E-state index in [1.54, 1.807) is 11.8 Å². The largest absolute Gasteiger partial charge is 0.439 e. The minimum Gasteiger partial charge on any atom is -0.439 e. The lowest BCUT2D eigenvalue weighted by Crippen LogP contribution is -2.38. The van der Waals surface area contributed by atoms with Gasteiger partial charge in [-0.15, -0.1) is 0 Å². The first-order chi connectivity index (χ1) is 10.6. The van der Waals surface area contributed by atoms with Crippen LogP contribution in [-0.2, 0) is 9.47 Å². The van der Waals surface area contributed by atoms with E-state index in [1.165, 1.54) is 12.1 Å². The first-order valence-electron chi connectivity index (χ1n) is 6.92. The molecule has 1 N–H and O–H groups in total. The van der Waals surface area contributed by atoms with E-state index in [0.717, 1.165) is 0 Å². The van der Waals surface area contributed by atoms with E-state index in [0.29, 0.717) is 26.3 Å². The predicted octanol–water partition coefficient (Wildman–Crippen LogP) is 1.63. The number of hydrogen-bond donors (Lipinski definition) is 1. The van der Waals surface area contributed by atoms with Crippen molar-refractivity contribution in [2.45, 2.75) is 13.0 Å². The van der Waals surface area contributed by atoms with Crippen molar-refractivity contribution in [1.82, 2.24) is 5.43 Å². The Bertz CT molecular complexity index is 607. The minimum absolute atomic E-state index is 0.0685. The first kappa shape index (κ1) is 14.7. The zero-order valence-corrected chi connectivity index (χ0v) is 11.9. The van der Waals surface area contributed by atoms with Gasteiger partial charge in [-0.25, -0.2) is 19.0 Å². The maximum absolute atomic E-state index is 14.3. The molecule has 0 radical (unpaired) electrons. The number of carbonyl (C=O) groups excluding carboxylic acids is 1. The Morgan fingerprint density at radius 1 is 1.27 bits per heavy atom. The summed E-state index contributed by atoms with van der Waals surface area (Å²) in [5, 5.41) is 3.81. The standard InChI is InChI=1S/C14H15F2N3O3/c1-8-12(17-18-14(20)22-8)9-6-10(15)13(11(16)7-9)19-2-4-21-5-3-19/h6-8H,2-5H2,1H3,(H,18,20)/t8-/m1/s1. The molecule has 2 aliphatic rings. The number of morpholine rings is 1. The summed E-state index contributed by atoms with van der Waals surface area (Å²) in [6, 6.07) is 2.40. The molecule has 0 aromatic heterocycles. The van der Waals surface area contributed by atoms with Gasteiger partial charge < -0.3 is 14.4 Å². The molecule has 0 aliphatic carbocycles. The van der Waals surface area contributed by atoms with Gasteiger partial charge in [0.25, 0.3) is 0 Å². The Hall–Kier alpha value is -2.22. The number of halogens is 2. The highest BCUT2D eigenvalue weighted by Crippen LogP contribution is 2.27. The zero-order valence-electron chi connectivity index (χ0n) is 11.9. The summed E-state index contributed by atoms with van der Waals surface area (Å²) in [5.74, 6) is -1.35. The van der Waals surface area contributed by atoms with Crippen LogP contribution in [0.15, 0.2) is 17.2 Å². The molecule has 118 valence electrons. The second-order valence-corrected chi connectivity index (χ2v) is 5.04. The maximum atomic E-state index is 14.3. The Kier molecular flexibility index (Phi) is 3.93. The van der Waals surface area contributed by atoms with E-state index in [9.17, 15) is 13.6 Å². The van der Waals surface area contributed by atoms with Crippen molar-refractivity contribution in [1.29, 1.82) is 0 Å². The molecule has 1 atom stereocenters. The third kappa shape index (κ3) is 2.74. The van der Waals surface area contributed by atoms with Crippen LogP contribution in [0.3, 0.4) is 0 Å². The molecule has 2 heterocycles. The Morgan fingerprint density at radius 2 is 1.91 bits per heavy atom. The van der Waals surface area contributed by atoms with Crippen LogP contribution in [0.1, 0.15) is 12.5 Å². The number of anilines is 1. The lowest BCUT2D eigenvalue weighted by Gasteiger charge is -2.29. The third-order valence-electron chi connectivity index (χ3n) is 3.58. The molecule has 1 aromatic rings. The summed E-state index contributed by atoms with van der Waals surface area (Å²) < 4.78 is 38.8. The number of amides is 1. The molecule has 0 spiro atoms. The third-order valence-corrected chi connectivity index (χ3v) is 3.58. The van der Waals surface area contributed by atoms with Crippen LogP contribution in [0.4, 0.5) is 19.3 Å². The van der Waals surface area contributed by atoms with Gasteiger partial charge in [0, 0.05) is 18.7 Å². The Labute approximate surface area is 125 Å². The van der Waals surface area contributed by atoms with Crippen LogP contribution in [0.5, 0.6) is 0 Å². The predicted molar refractivity (Wildman–Crippen MR) is 75.0 cm³/mol. The van der Waals surface area contributed by atoms with Gasteiger partial charge in [0.05, 0.1) is 13.2 Å². The van der Waals surface area contributed by atoms with Crippen molar-refractivity contribution < 1.29 is 23.0 Å². The minimum atomic E-state index is -0.692. The second kappa shape index (κ2) is 5.88. The number of cyclic esters (lactones) is 1. The molecule has 8 heteroatoms. The van der Waals surface area contributed by atoms with Crippen molar-refractivity contribution in [2.75, 3.05) is 31.2 Å². The molecule has 1 amide bonds. The van der Waals surface area contributed by atoms with Gasteiger partial charge in [-0.1, -0.05) is 0 Å². The first-order valence-corrected chi connectivity index (χ1v) is 6.92. The average molecular weight is 311 g/mol. The van der Waals surface area contributed by atoms with Gasteiger partial charge in [0.15, 0.2) is 0 Å². The van der Waals surface area contributed by atoms with Crippen LogP contribution in [0, 0.1) is 11.6 Å². The quantitative estimate of drug-likeness (QED) is 0.902. The van der Waals surface area contributed by atoms with Gasteiger partial charge in [0.2, 0.25) is 0 Å². The monoisotopic (exact) mass is 311 g/mol. The van der Waals surface area contributed by atoms with E-state index >= 15 is 0 Å². The normalized spacial score (nSPS) is 22.0. The lowest BCUT2D eigenvalue weighted by molar-refractivity contribution is 0.122. The van der Waals surface area contributed by atoms with Crippen molar-refractivity contribution in [2.24, 2.45) is 5.10 Å². The molecular formula is C14H15F2N3O3. The van der Waals surface area contributed by atoms with Gasteiger partial charge in [-0.3, -0.25) is 0 Å². The molecule has 6 nitrogen and oxygen atoms in total. The molecular weight excluding hydrogens is 296 g/mol. The molecule has 0 bridgehead atoms. The fourth-order valence-corrected chi connectivity index (χ4v) is 2.54. The molecule has 0 saturated carbocycles. The molecule has 22 heavy (non-hydrogen) atoms. The van der Waals surface area contributed by atoms with Crippen LogP contribution in [-0.4, -0.2) is 44.2 Å². The molecule has 2 aliphatic heterocycles. The van der Waals surface area contributed by atoms with E-state index in [4.69, 9.17) is 9.47 Å². The number of nitrogens with zero attached hydrogens (tertiary/aromatic N) is 2. The van der Waals surface area contributed by atoms with Gasteiger partial charge in [0.1, 0.15) is 29.1 Å². The van der Waals surface area contributed by atoms with Gasteiger partial charge in [-0.05, 0) is 19.1 Å². The summed E-state index contributed by atoms with van der Waals surface area (Å²) in [6.45, 7) is 3.32. The topological polar surface area (TPSA) is 63.2 Å². The molecule has 0 unspecified atom stereocenters. The van der Waals surface area contributed by atoms with Crippen molar-refractivity contribution in [3.63, 3.8) is 0 Å². The fraction of sp³-hybridized carbons (Fsp3) is 0.429. The van der Waals surface area contributed by atoms with E-state index in [1.807, 2.05) is 0 Å². The van der Waals surface area contributed by atoms with Crippen LogP contribution in [0.25, 0.3) is 0 Å². The number of nitrogens with one attached hydrogen (secondary N) is 1. The maximum Gasteiger partial charge on any atom is 0.428 e. The number of hydrogen-bond acceptors (Lipinski definition) is 5. The van der Waals surface area contributed by atoms with E-state index in [2.05, 4.69) is 10.5 Å². The van der Waals surface area contributed by atoms with Crippen molar-refractivity contribution >= 4 is 17.5 Å². The summed E-state index contributed by atoms with van der Waals surface area (Å²) in [6.07, 6.45) is -1.37. The molecule has 1 fully saturated rings. The van der Waals surface area contributed by atoms with Crippen molar-refractivity contribution in [3.8, 4) is 0 Å². The Balaban J connectivity index is 1.94. The highest BCUT2D eigenvalue weighted by molar-refractivity contribution is 6.06. The van der Waals surface area contributed by atoms with Crippen LogP contribution < -0.4 is 10.3 Å². The number of benzene rings is 1. The highest BCUT2D eigenvalue weighted by atomic mass is 19.1. The van der Waals surface area contributed by atoms with Gasteiger partial charge >= 0.3 is 6.09 Å². The average Bonchev–Trinajstić information content (AvgIpc) is 2.47. The zero-order chi connectivity index (χ0) is 15.7. The fourth-order valence-electron chi connectivity index (χ4n) is 2.54. The molecule has 1 saturated heterocycles. The van der Waals surface area contributed by atoms with Gasteiger partial charge in [-0.2, -0.15) is 5.10 Å².